The lowest BCUT2D eigenvalue weighted by Crippen LogP contribution is -2.00. The van der Waals surface area contributed by atoms with Gasteiger partial charge < -0.3 is 9.52 Å². The third-order valence-electron chi connectivity index (χ3n) is 8.54. The third kappa shape index (κ3) is 3.95. The zero-order valence-electron chi connectivity index (χ0n) is 24.1. The Hall–Kier alpha value is -6.20. The zero-order chi connectivity index (χ0) is 29.9. The number of hydrogen-bond acceptors (Lipinski definition) is 4. The highest BCUT2D eigenvalue weighted by molar-refractivity contribution is 6.14. The fourth-order valence-corrected chi connectivity index (χ4v) is 6.47. The lowest BCUT2D eigenvalue weighted by atomic mass is 10.0. The first-order valence-corrected chi connectivity index (χ1v) is 14.9. The summed E-state index contributed by atoms with van der Waals surface area (Å²) in [6.07, 6.45) is 0. The fourth-order valence-electron chi connectivity index (χ4n) is 6.47. The number of hydrogen-bond donors (Lipinski definition) is 1. The van der Waals surface area contributed by atoms with E-state index in [-0.39, 0.29) is 5.75 Å². The molecule has 0 atom stereocenters. The maximum Gasteiger partial charge on any atom is 0.148 e. The predicted octanol–water partition coefficient (Wildman–Crippen LogP) is 10.2. The average molecular weight is 580 g/mol. The smallest absolute Gasteiger partial charge is 0.148 e. The third-order valence-corrected chi connectivity index (χ3v) is 8.54. The van der Waals surface area contributed by atoms with E-state index in [1.54, 1.807) is 6.07 Å². The Kier molecular flexibility index (Phi) is 5.59. The Morgan fingerprint density at radius 2 is 1.18 bits per heavy atom. The molecular weight excluding hydrogens is 554 g/mol. The molecule has 0 unspecified atom stereocenters. The van der Waals surface area contributed by atoms with Crippen LogP contribution in [0, 0.1) is 0 Å². The van der Waals surface area contributed by atoms with Crippen LogP contribution in [-0.2, 0) is 0 Å². The monoisotopic (exact) mass is 579 g/mol. The summed E-state index contributed by atoms with van der Waals surface area (Å²) in [4.78, 5) is 10.3. The highest BCUT2D eigenvalue weighted by Crippen LogP contribution is 2.43. The van der Waals surface area contributed by atoms with Crippen molar-refractivity contribution in [2.45, 2.75) is 0 Å². The van der Waals surface area contributed by atoms with Crippen LogP contribution in [0.5, 0.6) is 5.75 Å². The van der Waals surface area contributed by atoms with Crippen molar-refractivity contribution in [1.29, 1.82) is 0 Å². The minimum atomic E-state index is 0.113. The number of pyridine rings is 2. The van der Waals surface area contributed by atoms with Crippen LogP contribution in [0.15, 0.2) is 150 Å². The number of rotatable bonds is 4. The first kappa shape index (κ1) is 25.3. The molecule has 4 heterocycles. The Balaban J connectivity index is 1.30. The number of para-hydroxylation sites is 2. The van der Waals surface area contributed by atoms with Gasteiger partial charge >= 0.3 is 0 Å². The molecule has 5 nitrogen and oxygen atoms in total. The fraction of sp³-hybridized carbons (Fsp3) is 0. The van der Waals surface area contributed by atoms with E-state index in [1.807, 2.05) is 84.9 Å². The second-order valence-corrected chi connectivity index (χ2v) is 11.2. The maximum absolute atomic E-state index is 11.3. The molecule has 0 spiro atoms. The molecule has 0 bridgehead atoms. The maximum atomic E-state index is 11.3. The van der Waals surface area contributed by atoms with Gasteiger partial charge in [-0.25, -0.2) is 9.97 Å². The van der Waals surface area contributed by atoms with Gasteiger partial charge in [0, 0.05) is 32.7 Å². The summed E-state index contributed by atoms with van der Waals surface area (Å²) in [5.74, 6) is 0.882. The number of aromatic nitrogens is 3. The summed E-state index contributed by atoms with van der Waals surface area (Å²) < 4.78 is 8.74. The van der Waals surface area contributed by atoms with Crippen LogP contribution in [0.1, 0.15) is 0 Å². The van der Waals surface area contributed by atoms with Gasteiger partial charge in [-0.1, -0.05) is 103 Å². The first-order chi connectivity index (χ1) is 22.2. The van der Waals surface area contributed by atoms with E-state index in [1.165, 1.54) is 0 Å². The van der Waals surface area contributed by atoms with Gasteiger partial charge in [-0.05, 0) is 48.0 Å². The molecule has 1 N–H and O–H groups in total. The van der Waals surface area contributed by atoms with E-state index in [0.717, 1.165) is 66.5 Å². The molecule has 9 aromatic rings. The average Bonchev–Trinajstić information content (AvgIpc) is 3.64. The van der Waals surface area contributed by atoms with Crippen LogP contribution >= 0.6 is 0 Å². The number of fused-ring (bicyclic) bond motifs is 6. The molecule has 9 rings (SSSR count). The molecule has 5 aromatic carbocycles. The predicted molar refractivity (Wildman–Crippen MR) is 182 cm³/mol. The lowest BCUT2D eigenvalue weighted by Gasteiger charge is -2.10. The van der Waals surface area contributed by atoms with Crippen molar-refractivity contribution < 1.29 is 9.52 Å². The molecule has 0 saturated heterocycles. The highest BCUT2D eigenvalue weighted by Gasteiger charge is 2.21. The van der Waals surface area contributed by atoms with E-state index in [9.17, 15) is 5.11 Å². The number of aromatic hydroxyl groups is 1. The van der Waals surface area contributed by atoms with Gasteiger partial charge in [-0.3, -0.25) is 4.57 Å². The van der Waals surface area contributed by atoms with Crippen LogP contribution in [0.25, 0.3) is 83.3 Å². The van der Waals surface area contributed by atoms with E-state index in [4.69, 9.17) is 14.4 Å². The van der Waals surface area contributed by atoms with Crippen LogP contribution in [0.3, 0.4) is 0 Å². The van der Waals surface area contributed by atoms with Crippen LogP contribution in [0.4, 0.5) is 0 Å². The Morgan fingerprint density at radius 1 is 0.489 bits per heavy atom. The zero-order valence-corrected chi connectivity index (χ0v) is 24.1. The second kappa shape index (κ2) is 9.93. The minimum absolute atomic E-state index is 0.113. The van der Waals surface area contributed by atoms with Crippen LogP contribution in [-0.4, -0.2) is 19.6 Å². The molecule has 0 radical (unpaired) electrons. The number of furan rings is 1. The van der Waals surface area contributed by atoms with Gasteiger partial charge in [-0.15, -0.1) is 0 Å². The van der Waals surface area contributed by atoms with Crippen molar-refractivity contribution in [1.82, 2.24) is 14.5 Å². The van der Waals surface area contributed by atoms with Gasteiger partial charge in [0.25, 0.3) is 0 Å². The molecule has 212 valence electrons. The standard InChI is InChI=1S/C40H25N3O2/c44-35-24-22-30-29-17-9-16-27(25-11-3-1-4-12-25)38(29)45-39(30)37(35)33-23-21-31-28-15-7-8-19-34(28)43(40(31)42-33)36-20-10-18-32(41-36)26-13-5-2-6-14-26/h1-24,44H. The van der Waals surface area contributed by atoms with Crippen molar-refractivity contribution in [2.24, 2.45) is 0 Å². The summed E-state index contributed by atoms with van der Waals surface area (Å²) in [6, 6.07) is 48.6. The molecule has 5 heteroatoms. The SMILES string of the molecule is Oc1ccc2c(oc3c(-c4ccccc4)cccc32)c1-c1ccc2c3ccccc3n(-c3cccc(-c4ccccc4)n3)c2n1. The van der Waals surface area contributed by atoms with E-state index >= 15 is 0 Å². The van der Waals surface area contributed by atoms with Gasteiger partial charge in [0.15, 0.2) is 0 Å². The molecule has 0 aliphatic heterocycles. The van der Waals surface area contributed by atoms with Crippen LogP contribution in [0.2, 0.25) is 0 Å². The van der Waals surface area contributed by atoms with Crippen molar-refractivity contribution in [3.63, 3.8) is 0 Å². The van der Waals surface area contributed by atoms with Gasteiger partial charge in [0.1, 0.15) is 28.4 Å². The molecular formula is C40H25N3O2. The normalized spacial score (nSPS) is 11.6. The summed E-state index contributed by atoms with van der Waals surface area (Å²) in [6.45, 7) is 0. The number of phenols is 1. The topological polar surface area (TPSA) is 64.1 Å². The summed E-state index contributed by atoms with van der Waals surface area (Å²) >= 11 is 0. The van der Waals surface area contributed by atoms with E-state index < -0.39 is 0 Å². The lowest BCUT2D eigenvalue weighted by molar-refractivity contribution is 0.477. The molecule has 45 heavy (non-hydrogen) atoms. The number of benzene rings is 5. The Labute approximate surface area is 258 Å². The molecule has 0 fully saturated rings. The quantitative estimate of drug-likeness (QED) is 0.225. The van der Waals surface area contributed by atoms with Gasteiger partial charge in [0.05, 0.1) is 22.5 Å². The highest BCUT2D eigenvalue weighted by atomic mass is 16.3. The number of nitrogens with zero attached hydrogens (tertiary/aromatic N) is 3. The van der Waals surface area contributed by atoms with E-state index in [0.29, 0.717) is 16.8 Å². The van der Waals surface area contributed by atoms with Crippen molar-refractivity contribution in [3.05, 3.63) is 146 Å². The summed E-state index contributed by atoms with van der Waals surface area (Å²) in [5, 5.41) is 15.3. The van der Waals surface area contributed by atoms with Crippen molar-refractivity contribution in [3.8, 4) is 45.2 Å². The first-order valence-electron chi connectivity index (χ1n) is 14.9. The minimum Gasteiger partial charge on any atom is -0.507 e. The van der Waals surface area contributed by atoms with E-state index in [2.05, 4.69) is 59.2 Å². The molecule has 0 saturated carbocycles. The van der Waals surface area contributed by atoms with Gasteiger partial charge in [0.2, 0.25) is 0 Å². The summed E-state index contributed by atoms with van der Waals surface area (Å²) in [5.41, 5.74) is 8.33. The molecule has 0 amide bonds. The van der Waals surface area contributed by atoms with Gasteiger partial charge in [-0.2, -0.15) is 0 Å². The summed E-state index contributed by atoms with van der Waals surface area (Å²) in [7, 11) is 0. The van der Waals surface area contributed by atoms with Crippen molar-refractivity contribution >= 4 is 43.9 Å². The Morgan fingerprint density at radius 3 is 2.02 bits per heavy atom. The van der Waals surface area contributed by atoms with Crippen molar-refractivity contribution in [2.75, 3.05) is 0 Å². The molecule has 0 aliphatic carbocycles. The largest absolute Gasteiger partial charge is 0.507 e. The second-order valence-electron chi connectivity index (χ2n) is 11.2. The van der Waals surface area contributed by atoms with Crippen LogP contribution < -0.4 is 0 Å². The molecule has 4 aromatic heterocycles. The Bertz CT molecular complexity index is 2550. The number of phenolic OH excluding ortho intramolecular Hbond substituents is 1. The molecule has 0 aliphatic rings.